The zero-order valence-electron chi connectivity index (χ0n) is 25.5. The molecular formula is C32H43N5O5Si. The summed E-state index contributed by atoms with van der Waals surface area (Å²) in [4.78, 5) is 53.4. The lowest BCUT2D eigenvalue weighted by Gasteiger charge is -2.48. The monoisotopic (exact) mass is 605 g/mol. The molecule has 3 fully saturated rings. The van der Waals surface area contributed by atoms with Crippen LogP contribution in [0.1, 0.15) is 66.1 Å². The van der Waals surface area contributed by atoms with E-state index in [0.29, 0.717) is 37.1 Å². The number of aromatic nitrogens is 2. The second-order valence-electron chi connectivity index (χ2n) is 13.6. The predicted molar refractivity (Wildman–Crippen MR) is 163 cm³/mol. The average molecular weight is 606 g/mol. The van der Waals surface area contributed by atoms with Gasteiger partial charge in [0.1, 0.15) is 24.6 Å². The third kappa shape index (κ3) is 6.53. The number of carbonyl (C=O) groups excluding carboxylic acids is 3. The Kier molecular flexibility index (Phi) is 8.66. The number of benzene rings is 1. The van der Waals surface area contributed by atoms with Crippen LogP contribution in [-0.2, 0) is 20.9 Å². The van der Waals surface area contributed by atoms with Gasteiger partial charge in [-0.25, -0.2) is 0 Å². The normalized spacial score (nSPS) is 25.2. The summed E-state index contributed by atoms with van der Waals surface area (Å²) < 4.78 is 12.3. The number of ether oxygens (including phenoxy) is 2. The smallest absolute Gasteiger partial charge is 0.255 e. The molecule has 4 aliphatic rings. The number of likely N-dealkylation sites (tertiary alicyclic amines) is 2. The first-order valence-corrected chi connectivity index (χ1v) is 19.4. The third-order valence-electron chi connectivity index (χ3n) is 9.32. The maximum atomic E-state index is 13.4. The fourth-order valence-electron chi connectivity index (χ4n) is 6.72. The molecule has 1 saturated carbocycles. The van der Waals surface area contributed by atoms with Crippen molar-refractivity contribution < 1.29 is 23.9 Å². The molecule has 10 nitrogen and oxygen atoms in total. The Morgan fingerprint density at radius 3 is 2.60 bits per heavy atom. The molecule has 11 heteroatoms. The standard InChI is InChI=1S/C32H43N5O5Si/c1-43(2,3)15-14-41-21-37-30(38)11-10-28(32(37)40)36-20-22-16-24(8-9-25(22)31(36)39)42-29-7-5-4-6-27(29)35-18-23(19-35)26-17-33-12-13-34-26/h8-9,12-13,16-17,23,27-29H,4-7,10-11,14-15,18-21H2,1-3H3. The molecule has 3 amide bonds. The van der Waals surface area contributed by atoms with Gasteiger partial charge in [-0.3, -0.25) is 34.2 Å². The highest BCUT2D eigenvalue weighted by Gasteiger charge is 2.43. The van der Waals surface area contributed by atoms with Crippen molar-refractivity contribution in [1.82, 2.24) is 24.7 Å². The van der Waals surface area contributed by atoms with Gasteiger partial charge in [0.25, 0.3) is 11.8 Å². The maximum absolute atomic E-state index is 13.4. The predicted octanol–water partition coefficient (Wildman–Crippen LogP) is 4.05. The van der Waals surface area contributed by atoms with Crippen LogP contribution >= 0.6 is 0 Å². The van der Waals surface area contributed by atoms with Crippen LogP contribution in [0, 0.1) is 0 Å². The van der Waals surface area contributed by atoms with Gasteiger partial charge in [0.2, 0.25) is 5.91 Å². The molecule has 0 bridgehead atoms. The lowest BCUT2D eigenvalue weighted by molar-refractivity contribution is -0.158. The Bertz CT molecular complexity index is 1350. The van der Waals surface area contributed by atoms with Gasteiger partial charge in [0, 0.05) is 76.8 Å². The van der Waals surface area contributed by atoms with Crippen molar-refractivity contribution in [3.8, 4) is 5.75 Å². The molecule has 0 spiro atoms. The lowest BCUT2D eigenvalue weighted by Crippen LogP contribution is -2.57. The Labute approximate surface area is 254 Å². The highest BCUT2D eigenvalue weighted by atomic mass is 28.3. The van der Waals surface area contributed by atoms with E-state index < -0.39 is 14.1 Å². The van der Waals surface area contributed by atoms with Crippen molar-refractivity contribution in [2.75, 3.05) is 26.4 Å². The van der Waals surface area contributed by atoms with E-state index in [1.807, 2.05) is 24.4 Å². The first kappa shape index (κ1) is 29.9. The van der Waals surface area contributed by atoms with Gasteiger partial charge in [-0.2, -0.15) is 0 Å². The summed E-state index contributed by atoms with van der Waals surface area (Å²) in [7, 11) is -1.29. The largest absolute Gasteiger partial charge is 0.489 e. The minimum absolute atomic E-state index is 0.0509. The summed E-state index contributed by atoms with van der Waals surface area (Å²) in [5, 5.41) is 0. The summed E-state index contributed by atoms with van der Waals surface area (Å²) in [5.74, 6) is 0.431. The molecule has 3 unspecified atom stereocenters. The SMILES string of the molecule is C[Si](C)(C)CCOCN1C(=O)CCC(N2Cc3cc(OC4CCCCC4N4CC(c5cnccn5)C4)ccc3C2=O)C1=O. The minimum atomic E-state index is -1.29. The van der Waals surface area contributed by atoms with Crippen LogP contribution < -0.4 is 4.74 Å². The second kappa shape index (κ2) is 12.5. The quantitative estimate of drug-likeness (QED) is 0.227. The van der Waals surface area contributed by atoms with E-state index in [4.69, 9.17) is 9.47 Å². The fraction of sp³-hybridized carbons (Fsp3) is 0.594. The summed E-state index contributed by atoms with van der Waals surface area (Å²) in [6, 6.07) is 6.32. The first-order chi connectivity index (χ1) is 20.7. The number of imide groups is 1. The average Bonchev–Trinajstić information content (AvgIpc) is 3.28. The molecule has 1 aliphatic carbocycles. The number of nitrogens with zero attached hydrogens (tertiary/aromatic N) is 5. The van der Waals surface area contributed by atoms with Crippen molar-refractivity contribution in [3.05, 3.63) is 53.6 Å². The molecule has 0 N–H and O–H groups in total. The Morgan fingerprint density at radius 1 is 1.02 bits per heavy atom. The van der Waals surface area contributed by atoms with Gasteiger partial charge in [-0.1, -0.05) is 26.1 Å². The Morgan fingerprint density at radius 2 is 1.84 bits per heavy atom. The topological polar surface area (TPSA) is 105 Å². The van der Waals surface area contributed by atoms with Crippen molar-refractivity contribution in [2.45, 2.75) is 94.9 Å². The fourth-order valence-corrected chi connectivity index (χ4v) is 7.48. The van der Waals surface area contributed by atoms with Gasteiger partial charge in [0.15, 0.2) is 0 Å². The van der Waals surface area contributed by atoms with Crippen LogP contribution in [0.4, 0.5) is 0 Å². The van der Waals surface area contributed by atoms with Crippen molar-refractivity contribution in [3.63, 3.8) is 0 Å². The summed E-state index contributed by atoms with van der Waals surface area (Å²) in [6.45, 7) is 9.51. The van der Waals surface area contributed by atoms with E-state index in [2.05, 4.69) is 34.5 Å². The summed E-state index contributed by atoms with van der Waals surface area (Å²) in [6.07, 6.45) is 10.4. The van der Waals surface area contributed by atoms with E-state index in [1.54, 1.807) is 17.3 Å². The molecule has 230 valence electrons. The number of rotatable bonds is 10. The van der Waals surface area contributed by atoms with E-state index >= 15 is 0 Å². The number of carbonyl (C=O) groups is 3. The zero-order chi connectivity index (χ0) is 30.1. The highest BCUT2D eigenvalue weighted by Crippen LogP contribution is 2.36. The first-order valence-electron chi connectivity index (χ1n) is 15.7. The van der Waals surface area contributed by atoms with Crippen LogP contribution in [0.25, 0.3) is 0 Å². The van der Waals surface area contributed by atoms with E-state index in [0.717, 1.165) is 55.4 Å². The van der Waals surface area contributed by atoms with Crippen LogP contribution in [0.5, 0.6) is 5.75 Å². The summed E-state index contributed by atoms with van der Waals surface area (Å²) in [5.41, 5.74) is 2.52. The van der Waals surface area contributed by atoms with E-state index in [-0.39, 0.29) is 37.0 Å². The second-order valence-corrected chi connectivity index (χ2v) is 19.2. The molecule has 3 aliphatic heterocycles. The molecule has 0 radical (unpaired) electrons. The van der Waals surface area contributed by atoms with Crippen molar-refractivity contribution in [2.24, 2.45) is 0 Å². The molecule has 2 saturated heterocycles. The van der Waals surface area contributed by atoms with Crippen LogP contribution in [-0.4, -0.2) is 95.1 Å². The van der Waals surface area contributed by atoms with Gasteiger partial charge < -0.3 is 14.4 Å². The van der Waals surface area contributed by atoms with Crippen LogP contribution in [0.15, 0.2) is 36.8 Å². The summed E-state index contributed by atoms with van der Waals surface area (Å²) >= 11 is 0. The van der Waals surface area contributed by atoms with Gasteiger partial charge in [-0.15, -0.1) is 0 Å². The molecule has 2 aromatic rings. The third-order valence-corrected chi connectivity index (χ3v) is 11.0. The van der Waals surface area contributed by atoms with Crippen LogP contribution in [0.2, 0.25) is 25.7 Å². The molecule has 4 heterocycles. The van der Waals surface area contributed by atoms with Crippen LogP contribution in [0.3, 0.4) is 0 Å². The molecular weight excluding hydrogens is 562 g/mol. The van der Waals surface area contributed by atoms with Gasteiger partial charge >= 0.3 is 0 Å². The van der Waals surface area contributed by atoms with Gasteiger partial charge in [0.05, 0.1) is 5.69 Å². The molecule has 1 aromatic heterocycles. The number of amides is 3. The number of hydrogen-bond acceptors (Lipinski definition) is 8. The van der Waals surface area contributed by atoms with Gasteiger partial charge in [-0.05, 0) is 55.5 Å². The van der Waals surface area contributed by atoms with E-state index in [1.165, 1.54) is 11.3 Å². The Balaban J connectivity index is 1.07. The highest BCUT2D eigenvalue weighted by molar-refractivity contribution is 6.76. The molecule has 43 heavy (non-hydrogen) atoms. The minimum Gasteiger partial charge on any atom is -0.489 e. The van der Waals surface area contributed by atoms with Crippen molar-refractivity contribution in [1.29, 1.82) is 0 Å². The van der Waals surface area contributed by atoms with E-state index in [9.17, 15) is 14.4 Å². The maximum Gasteiger partial charge on any atom is 0.255 e. The Hall–Kier alpha value is -3.15. The molecule has 3 atom stereocenters. The van der Waals surface area contributed by atoms with Crippen molar-refractivity contribution >= 4 is 25.8 Å². The molecule has 6 rings (SSSR count). The lowest BCUT2D eigenvalue weighted by atomic mass is 9.86. The number of fused-ring (bicyclic) bond motifs is 1. The molecule has 1 aromatic carbocycles. The number of hydrogen-bond donors (Lipinski definition) is 0. The number of piperidine rings is 1. The zero-order valence-corrected chi connectivity index (χ0v) is 26.5.